The Balaban J connectivity index is 2.43. The molecule has 94 valence electrons. The van der Waals surface area contributed by atoms with Gasteiger partial charge in [-0.2, -0.15) is 5.26 Å². The molecule has 0 bridgehead atoms. The van der Waals surface area contributed by atoms with Gasteiger partial charge in [0, 0.05) is 5.56 Å². The van der Waals surface area contributed by atoms with Gasteiger partial charge < -0.3 is 4.74 Å². The van der Waals surface area contributed by atoms with E-state index in [4.69, 9.17) is 10.00 Å². The number of aldehydes is 1. The standard InChI is InChI=1S/C14H7BrFNO2/c15-13-6-11(16)5-10(7-17)14(13)19-12-3-1-2-9(4-12)8-18/h1-6,8H. The van der Waals surface area contributed by atoms with E-state index in [-0.39, 0.29) is 11.3 Å². The molecule has 0 aliphatic heterocycles. The fourth-order valence-corrected chi connectivity index (χ4v) is 2.03. The van der Waals surface area contributed by atoms with Crippen LogP contribution in [0, 0.1) is 17.1 Å². The molecule has 0 amide bonds. The van der Waals surface area contributed by atoms with Crippen molar-refractivity contribution in [2.24, 2.45) is 0 Å². The van der Waals surface area contributed by atoms with Gasteiger partial charge in [-0.15, -0.1) is 0 Å². The van der Waals surface area contributed by atoms with Crippen LogP contribution in [0.4, 0.5) is 4.39 Å². The Morgan fingerprint density at radius 1 is 1.32 bits per heavy atom. The van der Waals surface area contributed by atoms with Gasteiger partial charge in [-0.25, -0.2) is 4.39 Å². The summed E-state index contributed by atoms with van der Waals surface area (Å²) >= 11 is 3.15. The molecule has 0 aromatic heterocycles. The summed E-state index contributed by atoms with van der Waals surface area (Å²) in [6.45, 7) is 0. The van der Waals surface area contributed by atoms with E-state index in [1.54, 1.807) is 18.2 Å². The molecule has 0 saturated heterocycles. The van der Waals surface area contributed by atoms with E-state index in [0.717, 1.165) is 6.07 Å². The molecule has 0 fully saturated rings. The number of hydrogen-bond acceptors (Lipinski definition) is 3. The Labute approximate surface area is 117 Å². The second-order valence-corrected chi connectivity index (χ2v) is 4.52. The SMILES string of the molecule is N#Cc1cc(F)cc(Br)c1Oc1cccc(C=O)c1. The lowest BCUT2D eigenvalue weighted by molar-refractivity contribution is 0.112. The van der Waals surface area contributed by atoms with Crippen molar-refractivity contribution in [1.29, 1.82) is 5.26 Å². The van der Waals surface area contributed by atoms with Gasteiger partial charge in [0.15, 0.2) is 5.75 Å². The van der Waals surface area contributed by atoms with Crippen LogP contribution in [0.1, 0.15) is 15.9 Å². The largest absolute Gasteiger partial charge is 0.455 e. The van der Waals surface area contributed by atoms with Gasteiger partial charge in [-0.1, -0.05) is 12.1 Å². The minimum absolute atomic E-state index is 0.0726. The maximum atomic E-state index is 13.2. The lowest BCUT2D eigenvalue weighted by Gasteiger charge is -2.10. The number of rotatable bonds is 3. The van der Waals surface area contributed by atoms with Crippen LogP contribution in [0.2, 0.25) is 0 Å². The van der Waals surface area contributed by atoms with Crippen molar-refractivity contribution in [3.8, 4) is 17.6 Å². The molecule has 0 N–H and O–H groups in total. The van der Waals surface area contributed by atoms with Crippen LogP contribution in [0.3, 0.4) is 0 Å². The van der Waals surface area contributed by atoms with Gasteiger partial charge in [0.05, 0.1) is 10.0 Å². The predicted octanol–water partition coefficient (Wildman–Crippen LogP) is 4.06. The normalized spacial score (nSPS) is 9.74. The lowest BCUT2D eigenvalue weighted by atomic mass is 10.2. The van der Waals surface area contributed by atoms with Gasteiger partial charge in [-0.05, 0) is 40.2 Å². The maximum Gasteiger partial charge on any atom is 0.159 e. The van der Waals surface area contributed by atoms with Gasteiger partial charge >= 0.3 is 0 Å². The third-order valence-electron chi connectivity index (χ3n) is 2.34. The van der Waals surface area contributed by atoms with E-state index in [1.807, 2.05) is 6.07 Å². The minimum atomic E-state index is -0.530. The summed E-state index contributed by atoms with van der Waals surface area (Å²) in [5.74, 6) is 0.0813. The zero-order chi connectivity index (χ0) is 13.8. The zero-order valence-electron chi connectivity index (χ0n) is 9.56. The molecule has 0 unspecified atom stereocenters. The van der Waals surface area contributed by atoms with Crippen LogP contribution in [0.5, 0.6) is 11.5 Å². The highest BCUT2D eigenvalue weighted by atomic mass is 79.9. The molecule has 0 aliphatic carbocycles. The van der Waals surface area contributed by atoms with Gasteiger partial charge in [0.25, 0.3) is 0 Å². The monoisotopic (exact) mass is 319 g/mol. The van der Waals surface area contributed by atoms with E-state index in [1.165, 1.54) is 12.1 Å². The van der Waals surface area contributed by atoms with E-state index >= 15 is 0 Å². The molecular weight excluding hydrogens is 313 g/mol. The summed E-state index contributed by atoms with van der Waals surface area (Å²) in [5, 5.41) is 8.97. The first-order valence-corrected chi connectivity index (χ1v) is 6.05. The second kappa shape index (κ2) is 5.63. The van der Waals surface area contributed by atoms with Crippen LogP contribution in [0.25, 0.3) is 0 Å². The Kier molecular flexibility index (Phi) is 3.93. The summed E-state index contributed by atoms with van der Waals surface area (Å²) in [7, 11) is 0. The highest BCUT2D eigenvalue weighted by Crippen LogP contribution is 2.34. The molecule has 3 nitrogen and oxygen atoms in total. The minimum Gasteiger partial charge on any atom is -0.455 e. The first-order chi connectivity index (χ1) is 9.13. The third kappa shape index (κ3) is 2.98. The molecule has 0 heterocycles. The van der Waals surface area contributed by atoms with Crippen LogP contribution in [-0.2, 0) is 0 Å². The van der Waals surface area contributed by atoms with Crippen LogP contribution < -0.4 is 4.74 Å². The molecule has 0 atom stereocenters. The number of carbonyl (C=O) groups is 1. The van der Waals surface area contributed by atoms with Gasteiger partial charge in [-0.3, -0.25) is 4.79 Å². The van der Waals surface area contributed by atoms with Crippen molar-refractivity contribution in [3.05, 3.63) is 57.8 Å². The fourth-order valence-electron chi connectivity index (χ4n) is 1.52. The van der Waals surface area contributed by atoms with Crippen molar-refractivity contribution in [3.63, 3.8) is 0 Å². The van der Waals surface area contributed by atoms with Crippen LogP contribution in [-0.4, -0.2) is 6.29 Å². The highest BCUT2D eigenvalue weighted by Gasteiger charge is 2.12. The quantitative estimate of drug-likeness (QED) is 0.801. The Hall–Kier alpha value is -2.19. The molecule has 2 aromatic rings. The smallest absolute Gasteiger partial charge is 0.159 e. The van der Waals surface area contributed by atoms with Crippen molar-refractivity contribution in [2.45, 2.75) is 0 Å². The van der Waals surface area contributed by atoms with E-state index in [2.05, 4.69) is 15.9 Å². The average Bonchev–Trinajstić information content (AvgIpc) is 2.41. The first kappa shape index (κ1) is 13.2. The van der Waals surface area contributed by atoms with E-state index in [0.29, 0.717) is 22.1 Å². The fraction of sp³-hybridized carbons (Fsp3) is 0. The molecule has 2 aromatic carbocycles. The Morgan fingerprint density at radius 3 is 2.79 bits per heavy atom. The number of ether oxygens (including phenoxy) is 1. The summed E-state index contributed by atoms with van der Waals surface area (Å²) < 4.78 is 19.0. The Bertz CT molecular complexity index is 680. The molecule has 0 saturated carbocycles. The summed E-state index contributed by atoms with van der Waals surface area (Å²) in [6, 6.07) is 10.6. The van der Waals surface area contributed by atoms with E-state index < -0.39 is 5.82 Å². The molecule has 2 rings (SSSR count). The molecule has 0 spiro atoms. The number of benzene rings is 2. The average molecular weight is 320 g/mol. The molecule has 0 aliphatic rings. The molecular formula is C14H7BrFNO2. The van der Waals surface area contributed by atoms with Gasteiger partial charge in [0.2, 0.25) is 0 Å². The first-order valence-electron chi connectivity index (χ1n) is 5.26. The number of nitrogens with zero attached hydrogens (tertiary/aromatic N) is 1. The molecule has 0 radical (unpaired) electrons. The number of hydrogen-bond donors (Lipinski definition) is 0. The highest BCUT2D eigenvalue weighted by molar-refractivity contribution is 9.10. The number of halogens is 2. The molecule has 19 heavy (non-hydrogen) atoms. The van der Waals surface area contributed by atoms with E-state index in [9.17, 15) is 9.18 Å². The van der Waals surface area contributed by atoms with Gasteiger partial charge in [0.1, 0.15) is 23.9 Å². The van der Waals surface area contributed by atoms with Crippen molar-refractivity contribution in [1.82, 2.24) is 0 Å². The third-order valence-corrected chi connectivity index (χ3v) is 2.93. The van der Waals surface area contributed by atoms with Crippen molar-refractivity contribution < 1.29 is 13.9 Å². The van der Waals surface area contributed by atoms with Crippen LogP contribution in [0.15, 0.2) is 40.9 Å². The van der Waals surface area contributed by atoms with Crippen LogP contribution >= 0.6 is 15.9 Å². The summed E-state index contributed by atoms with van der Waals surface area (Å²) in [5.41, 5.74) is 0.526. The second-order valence-electron chi connectivity index (χ2n) is 3.67. The molecule has 5 heteroatoms. The lowest BCUT2D eigenvalue weighted by Crippen LogP contribution is -1.92. The summed E-state index contributed by atoms with van der Waals surface area (Å²) in [4.78, 5) is 10.7. The maximum absolute atomic E-state index is 13.2. The van der Waals surface area contributed by atoms with Crippen molar-refractivity contribution in [2.75, 3.05) is 0 Å². The summed E-state index contributed by atoms with van der Waals surface area (Å²) in [6.07, 6.45) is 0.692. The van der Waals surface area contributed by atoms with Crippen molar-refractivity contribution >= 4 is 22.2 Å². The topological polar surface area (TPSA) is 50.1 Å². The zero-order valence-corrected chi connectivity index (χ0v) is 11.1. The predicted molar refractivity (Wildman–Crippen MR) is 70.7 cm³/mol. The number of carbonyl (C=O) groups excluding carboxylic acids is 1. The Morgan fingerprint density at radius 2 is 2.11 bits per heavy atom. The number of nitriles is 1.